The molecule has 6 heteroatoms. The molecule has 1 aromatic carbocycles. The van der Waals surface area contributed by atoms with Crippen LogP contribution in [0.2, 0.25) is 5.02 Å². The van der Waals surface area contributed by atoms with Crippen LogP contribution in [0.15, 0.2) is 28.4 Å². The fourth-order valence-corrected chi connectivity index (χ4v) is 2.08. The summed E-state index contributed by atoms with van der Waals surface area (Å²) in [4.78, 5) is 17.5. The van der Waals surface area contributed by atoms with Crippen LogP contribution in [-0.4, -0.2) is 24.1 Å². The van der Waals surface area contributed by atoms with Crippen LogP contribution in [0.5, 0.6) is 0 Å². The summed E-state index contributed by atoms with van der Waals surface area (Å²) in [5, 5.41) is 9.87. The Morgan fingerprint density at radius 3 is 2.75 bits per heavy atom. The maximum Gasteiger partial charge on any atom is 0.254 e. The van der Waals surface area contributed by atoms with Gasteiger partial charge in [0.25, 0.3) is 5.91 Å². The third kappa shape index (κ3) is 3.16. The number of azo groups is 1. The van der Waals surface area contributed by atoms with Crippen LogP contribution in [0, 0.1) is 5.41 Å². The molecule has 1 amide bonds. The molecule has 1 saturated heterocycles. The Morgan fingerprint density at radius 2 is 2.20 bits per heavy atom. The van der Waals surface area contributed by atoms with Crippen LogP contribution in [0.25, 0.3) is 0 Å². The summed E-state index contributed by atoms with van der Waals surface area (Å²) in [6.07, 6.45) is 0. The summed E-state index contributed by atoms with van der Waals surface area (Å²) in [6, 6.07) is 5.40. The minimum Gasteiger partial charge on any atom is -0.272 e. The van der Waals surface area contributed by atoms with Crippen LogP contribution < -0.4 is 0 Å². The first kappa shape index (κ1) is 14.9. The van der Waals surface area contributed by atoms with Gasteiger partial charge in [0, 0.05) is 5.02 Å². The van der Waals surface area contributed by atoms with E-state index in [9.17, 15) is 4.79 Å². The second-order valence-corrected chi connectivity index (χ2v) is 5.74. The summed E-state index contributed by atoms with van der Waals surface area (Å²) < 4.78 is 0. The Balaban J connectivity index is 2.11. The summed E-state index contributed by atoms with van der Waals surface area (Å²) in [5.74, 6) is -0.0247. The van der Waals surface area contributed by atoms with E-state index >= 15 is 0 Å². The Morgan fingerprint density at radius 1 is 1.45 bits per heavy atom. The Bertz CT molecular complexity index is 543. The van der Waals surface area contributed by atoms with E-state index in [0.29, 0.717) is 30.4 Å². The maximum atomic E-state index is 12.1. The largest absolute Gasteiger partial charge is 0.272 e. The van der Waals surface area contributed by atoms with Gasteiger partial charge in [-0.05, 0) is 38.5 Å². The zero-order chi connectivity index (χ0) is 14.8. The maximum absolute atomic E-state index is 12.1. The molecule has 1 aliphatic heterocycles. The van der Waals surface area contributed by atoms with Crippen molar-refractivity contribution in [3.05, 3.63) is 28.8 Å². The zero-order valence-electron chi connectivity index (χ0n) is 11.9. The highest BCUT2D eigenvalue weighted by atomic mass is 35.5. The van der Waals surface area contributed by atoms with Crippen LogP contribution in [0.4, 0.5) is 5.69 Å². The Kier molecular flexibility index (Phi) is 4.40. The van der Waals surface area contributed by atoms with Crippen molar-refractivity contribution in [1.82, 2.24) is 5.06 Å². The van der Waals surface area contributed by atoms with Gasteiger partial charge in [0.1, 0.15) is 0 Å². The van der Waals surface area contributed by atoms with Gasteiger partial charge in [-0.2, -0.15) is 10.2 Å². The summed E-state index contributed by atoms with van der Waals surface area (Å²) in [5.41, 5.74) is 1.06. The van der Waals surface area contributed by atoms with E-state index in [2.05, 4.69) is 10.2 Å². The van der Waals surface area contributed by atoms with Gasteiger partial charge in [0.2, 0.25) is 0 Å². The average Bonchev–Trinajstić information content (AvgIpc) is 2.66. The van der Waals surface area contributed by atoms with Crippen LogP contribution in [-0.2, 0) is 16.2 Å². The lowest BCUT2D eigenvalue weighted by Crippen LogP contribution is -2.30. The first-order valence-electron chi connectivity index (χ1n) is 6.55. The normalized spacial score (nSPS) is 18.2. The highest BCUT2D eigenvalue weighted by molar-refractivity contribution is 6.31. The van der Waals surface area contributed by atoms with E-state index < -0.39 is 5.41 Å². The predicted octanol–water partition coefficient (Wildman–Crippen LogP) is 3.74. The topological polar surface area (TPSA) is 54.3 Å². The number of hydroxylamine groups is 2. The smallest absolute Gasteiger partial charge is 0.254 e. The molecule has 1 fully saturated rings. The van der Waals surface area contributed by atoms with E-state index in [1.165, 1.54) is 5.06 Å². The lowest BCUT2D eigenvalue weighted by molar-refractivity contribution is -0.165. The van der Waals surface area contributed by atoms with Crippen molar-refractivity contribution in [3.63, 3.8) is 0 Å². The highest BCUT2D eigenvalue weighted by Gasteiger charge is 2.40. The summed E-state index contributed by atoms with van der Waals surface area (Å²) in [7, 11) is 0. The molecule has 0 N–H and O–H groups in total. The van der Waals surface area contributed by atoms with Crippen LogP contribution in [0.1, 0.15) is 26.3 Å². The van der Waals surface area contributed by atoms with Gasteiger partial charge in [0.15, 0.2) is 0 Å². The van der Waals surface area contributed by atoms with Crippen LogP contribution in [0.3, 0.4) is 0 Å². The first-order chi connectivity index (χ1) is 9.44. The molecule has 0 atom stereocenters. The van der Waals surface area contributed by atoms with Crippen molar-refractivity contribution in [1.29, 1.82) is 0 Å². The fourth-order valence-electron chi connectivity index (χ4n) is 1.85. The van der Waals surface area contributed by atoms with E-state index in [4.69, 9.17) is 16.4 Å². The average molecular weight is 296 g/mol. The van der Waals surface area contributed by atoms with E-state index in [0.717, 1.165) is 5.56 Å². The number of benzene rings is 1. The number of rotatable bonds is 4. The zero-order valence-corrected chi connectivity index (χ0v) is 12.6. The van der Waals surface area contributed by atoms with E-state index in [-0.39, 0.29) is 5.91 Å². The predicted molar refractivity (Wildman–Crippen MR) is 76.8 cm³/mol. The third-order valence-electron chi connectivity index (χ3n) is 3.06. The van der Waals surface area contributed by atoms with Crippen LogP contribution >= 0.6 is 11.6 Å². The molecule has 0 spiro atoms. The number of halogens is 1. The van der Waals surface area contributed by atoms with Gasteiger partial charge in [-0.25, -0.2) is 5.06 Å². The van der Waals surface area contributed by atoms with E-state index in [1.54, 1.807) is 6.07 Å². The van der Waals surface area contributed by atoms with Crippen molar-refractivity contribution in [2.75, 3.05) is 13.2 Å². The number of nitrogens with zero attached hydrogens (tertiary/aromatic N) is 3. The van der Waals surface area contributed by atoms with Gasteiger partial charge in [-0.3, -0.25) is 9.63 Å². The van der Waals surface area contributed by atoms with Gasteiger partial charge < -0.3 is 0 Å². The molecule has 2 rings (SSSR count). The van der Waals surface area contributed by atoms with Crippen molar-refractivity contribution < 1.29 is 9.63 Å². The Hall–Kier alpha value is -1.46. The molecule has 0 saturated carbocycles. The summed E-state index contributed by atoms with van der Waals surface area (Å²) in [6.45, 7) is 7.01. The van der Waals surface area contributed by atoms with Crippen molar-refractivity contribution in [2.24, 2.45) is 15.6 Å². The number of hydrogen-bond acceptors (Lipinski definition) is 4. The second kappa shape index (κ2) is 5.89. The van der Waals surface area contributed by atoms with Gasteiger partial charge in [-0.1, -0.05) is 17.7 Å². The summed E-state index contributed by atoms with van der Waals surface area (Å²) >= 11 is 6.21. The van der Waals surface area contributed by atoms with Gasteiger partial charge >= 0.3 is 0 Å². The molecule has 0 radical (unpaired) electrons. The SMILES string of the molecule is CCN=Nc1ccc(CN2OCC(C)(C)C2=O)c(Cl)c1. The molecule has 0 aromatic heterocycles. The van der Waals surface area contributed by atoms with Crippen molar-refractivity contribution >= 4 is 23.2 Å². The second-order valence-electron chi connectivity index (χ2n) is 5.33. The molecule has 108 valence electrons. The monoisotopic (exact) mass is 295 g/mol. The quantitative estimate of drug-likeness (QED) is 0.794. The lowest BCUT2D eigenvalue weighted by atomic mass is 9.95. The van der Waals surface area contributed by atoms with E-state index in [1.807, 2.05) is 32.9 Å². The minimum absolute atomic E-state index is 0.0247. The molecule has 0 unspecified atom stereocenters. The molecule has 20 heavy (non-hydrogen) atoms. The van der Waals surface area contributed by atoms with Gasteiger partial charge in [-0.15, -0.1) is 0 Å². The highest BCUT2D eigenvalue weighted by Crippen LogP contribution is 2.30. The van der Waals surface area contributed by atoms with Gasteiger partial charge in [0.05, 0.1) is 30.8 Å². The molecule has 0 bridgehead atoms. The number of hydrogen-bond donors (Lipinski definition) is 0. The minimum atomic E-state index is -0.470. The number of carbonyl (C=O) groups is 1. The van der Waals surface area contributed by atoms with Crippen molar-refractivity contribution in [2.45, 2.75) is 27.3 Å². The lowest BCUT2D eigenvalue weighted by Gasteiger charge is -2.17. The molecule has 1 aromatic rings. The third-order valence-corrected chi connectivity index (χ3v) is 3.42. The molecule has 0 aliphatic carbocycles. The molecular formula is C14H18ClN3O2. The Labute approximate surface area is 123 Å². The first-order valence-corrected chi connectivity index (χ1v) is 6.92. The molecule has 1 aliphatic rings. The molecule has 1 heterocycles. The van der Waals surface area contributed by atoms with Crippen molar-refractivity contribution in [3.8, 4) is 0 Å². The molecular weight excluding hydrogens is 278 g/mol. The molecule has 5 nitrogen and oxygen atoms in total. The number of amides is 1. The number of carbonyl (C=O) groups excluding carboxylic acids is 1. The fraction of sp³-hybridized carbons (Fsp3) is 0.500. The standard InChI is InChI=1S/C14H18ClN3O2/c1-4-16-17-11-6-5-10(12(15)7-11)8-18-13(19)14(2,3)9-20-18/h5-7H,4,8-9H2,1-3H3.